The lowest BCUT2D eigenvalue weighted by molar-refractivity contribution is -0.143. The van der Waals surface area contributed by atoms with E-state index in [9.17, 15) is 9.59 Å². The predicted molar refractivity (Wildman–Crippen MR) is 75.1 cm³/mol. The molecule has 4 nitrogen and oxygen atoms in total. The highest BCUT2D eigenvalue weighted by Gasteiger charge is 2.38. The molecule has 3 atom stereocenters. The summed E-state index contributed by atoms with van der Waals surface area (Å²) in [5.41, 5.74) is 0. The average Bonchev–Trinajstić information content (AvgIpc) is 2.72. The second kappa shape index (κ2) is 6.19. The van der Waals surface area contributed by atoms with Crippen LogP contribution in [0.25, 0.3) is 0 Å². The summed E-state index contributed by atoms with van der Waals surface area (Å²) in [5, 5.41) is 9.47. The summed E-state index contributed by atoms with van der Waals surface area (Å²) in [5.74, 6) is 2.31. The van der Waals surface area contributed by atoms with Gasteiger partial charge in [-0.15, -0.1) is 0 Å². The van der Waals surface area contributed by atoms with E-state index >= 15 is 0 Å². The van der Waals surface area contributed by atoms with Gasteiger partial charge < -0.3 is 10.0 Å². The van der Waals surface area contributed by atoms with E-state index in [2.05, 4.69) is 0 Å². The second-order valence-corrected chi connectivity index (χ2v) is 7.39. The maximum Gasteiger partial charge on any atom is 0.308 e. The van der Waals surface area contributed by atoms with Crippen LogP contribution in [-0.2, 0) is 9.59 Å². The SMILES string of the molecule is CC1C(C(=O)O)CCN1C(=O)CC1CSCCS1. The van der Waals surface area contributed by atoms with E-state index in [4.69, 9.17) is 5.11 Å². The highest BCUT2D eigenvalue weighted by Crippen LogP contribution is 2.29. The van der Waals surface area contributed by atoms with Crippen molar-refractivity contribution in [2.75, 3.05) is 23.8 Å². The van der Waals surface area contributed by atoms with Gasteiger partial charge in [-0.2, -0.15) is 23.5 Å². The minimum absolute atomic E-state index is 0.131. The van der Waals surface area contributed by atoms with Crippen molar-refractivity contribution in [1.29, 1.82) is 0 Å². The third-order valence-electron chi connectivity index (χ3n) is 3.68. The van der Waals surface area contributed by atoms with Crippen LogP contribution in [0.2, 0.25) is 0 Å². The van der Waals surface area contributed by atoms with Crippen LogP contribution in [0.15, 0.2) is 0 Å². The number of hydrogen-bond donors (Lipinski definition) is 1. The van der Waals surface area contributed by atoms with E-state index in [1.165, 1.54) is 5.75 Å². The van der Waals surface area contributed by atoms with Gasteiger partial charge in [0, 0.05) is 41.5 Å². The Bertz CT molecular complexity index is 331. The first-order valence-electron chi connectivity index (χ1n) is 6.31. The zero-order chi connectivity index (χ0) is 13.1. The molecule has 2 fully saturated rings. The number of carboxylic acids is 1. The molecule has 1 amide bonds. The number of rotatable bonds is 3. The third kappa shape index (κ3) is 3.15. The Morgan fingerprint density at radius 3 is 2.72 bits per heavy atom. The molecule has 0 aliphatic carbocycles. The van der Waals surface area contributed by atoms with E-state index in [1.54, 1.807) is 4.90 Å². The van der Waals surface area contributed by atoms with Gasteiger partial charge >= 0.3 is 5.97 Å². The van der Waals surface area contributed by atoms with Crippen LogP contribution in [0, 0.1) is 5.92 Å². The van der Waals surface area contributed by atoms with E-state index < -0.39 is 5.97 Å². The molecular weight excluding hydrogens is 270 g/mol. The molecule has 2 heterocycles. The first kappa shape index (κ1) is 14.1. The first-order chi connectivity index (χ1) is 8.59. The Morgan fingerprint density at radius 2 is 2.17 bits per heavy atom. The fourth-order valence-electron chi connectivity index (χ4n) is 2.59. The van der Waals surface area contributed by atoms with E-state index in [0.29, 0.717) is 24.6 Å². The van der Waals surface area contributed by atoms with Crippen LogP contribution < -0.4 is 0 Å². The molecule has 2 aliphatic heterocycles. The van der Waals surface area contributed by atoms with Gasteiger partial charge in [0.1, 0.15) is 0 Å². The van der Waals surface area contributed by atoms with E-state index in [1.807, 2.05) is 30.4 Å². The van der Waals surface area contributed by atoms with Gasteiger partial charge in [0.15, 0.2) is 0 Å². The van der Waals surface area contributed by atoms with Crippen LogP contribution in [0.1, 0.15) is 19.8 Å². The summed E-state index contributed by atoms with van der Waals surface area (Å²) in [7, 11) is 0. The maximum atomic E-state index is 12.2. The first-order valence-corrected chi connectivity index (χ1v) is 8.51. The smallest absolute Gasteiger partial charge is 0.308 e. The van der Waals surface area contributed by atoms with Gasteiger partial charge in [0.05, 0.1) is 5.92 Å². The molecule has 0 saturated carbocycles. The monoisotopic (exact) mass is 289 g/mol. The van der Waals surface area contributed by atoms with Gasteiger partial charge in [-0.25, -0.2) is 0 Å². The number of carbonyl (C=O) groups is 2. The Labute approximate surface area is 116 Å². The summed E-state index contributed by atoms with van der Waals surface area (Å²) in [6.07, 6.45) is 1.16. The molecule has 0 aromatic heterocycles. The Kier molecular flexibility index (Phi) is 4.84. The molecule has 6 heteroatoms. The molecule has 0 aromatic carbocycles. The van der Waals surface area contributed by atoms with Gasteiger partial charge in [-0.05, 0) is 13.3 Å². The Morgan fingerprint density at radius 1 is 1.39 bits per heavy atom. The molecule has 3 unspecified atom stereocenters. The van der Waals surface area contributed by atoms with Crippen molar-refractivity contribution >= 4 is 35.4 Å². The summed E-state index contributed by atoms with van der Waals surface area (Å²) in [6, 6.07) is -0.156. The number of thioether (sulfide) groups is 2. The molecular formula is C12H19NO3S2. The molecule has 102 valence electrons. The largest absolute Gasteiger partial charge is 0.481 e. The lowest BCUT2D eigenvalue weighted by atomic mass is 10.0. The van der Waals surface area contributed by atoms with Crippen LogP contribution >= 0.6 is 23.5 Å². The fourth-order valence-corrected chi connectivity index (χ4v) is 5.26. The Balaban J connectivity index is 1.87. The second-order valence-electron chi connectivity index (χ2n) is 4.83. The van der Waals surface area contributed by atoms with Gasteiger partial charge in [0.25, 0.3) is 0 Å². The zero-order valence-corrected chi connectivity index (χ0v) is 12.1. The van der Waals surface area contributed by atoms with Crippen molar-refractivity contribution < 1.29 is 14.7 Å². The number of nitrogens with zero attached hydrogens (tertiary/aromatic N) is 1. The molecule has 0 spiro atoms. The summed E-state index contributed by atoms with van der Waals surface area (Å²) in [4.78, 5) is 25.0. The van der Waals surface area contributed by atoms with Crippen molar-refractivity contribution in [3.63, 3.8) is 0 Å². The normalized spacial score (nSPS) is 32.5. The quantitative estimate of drug-likeness (QED) is 0.854. The summed E-state index contributed by atoms with van der Waals surface area (Å²) >= 11 is 3.78. The van der Waals surface area contributed by atoms with Crippen LogP contribution in [-0.4, -0.2) is 57.0 Å². The lowest BCUT2D eigenvalue weighted by Crippen LogP contribution is -2.39. The highest BCUT2D eigenvalue weighted by molar-refractivity contribution is 8.06. The standard InChI is InChI=1S/C12H19NO3S2/c1-8-10(12(15)16)2-3-13(8)11(14)6-9-7-17-4-5-18-9/h8-10H,2-7H2,1H3,(H,15,16). The lowest BCUT2D eigenvalue weighted by Gasteiger charge is -2.27. The third-order valence-corrected chi connectivity index (χ3v) is 6.52. The summed E-state index contributed by atoms with van der Waals surface area (Å²) < 4.78 is 0. The van der Waals surface area contributed by atoms with Crippen molar-refractivity contribution in [2.45, 2.75) is 31.1 Å². The topological polar surface area (TPSA) is 57.6 Å². The molecule has 0 aromatic rings. The minimum atomic E-state index is -0.777. The molecule has 2 saturated heterocycles. The van der Waals surface area contributed by atoms with Crippen molar-refractivity contribution in [1.82, 2.24) is 4.90 Å². The number of likely N-dealkylation sites (tertiary alicyclic amines) is 1. The molecule has 2 rings (SSSR count). The summed E-state index contributed by atoms with van der Waals surface area (Å²) in [6.45, 7) is 2.45. The van der Waals surface area contributed by atoms with Gasteiger partial charge in [0.2, 0.25) is 5.91 Å². The van der Waals surface area contributed by atoms with Crippen LogP contribution in [0.5, 0.6) is 0 Å². The van der Waals surface area contributed by atoms with E-state index in [-0.39, 0.29) is 17.9 Å². The zero-order valence-electron chi connectivity index (χ0n) is 10.5. The average molecular weight is 289 g/mol. The molecule has 18 heavy (non-hydrogen) atoms. The highest BCUT2D eigenvalue weighted by atomic mass is 32.2. The van der Waals surface area contributed by atoms with Gasteiger partial charge in [-0.1, -0.05) is 0 Å². The van der Waals surface area contributed by atoms with Crippen molar-refractivity contribution in [3.05, 3.63) is 0 Å². The fraction of sp³-hybridized carbons (Fsp3) is 0.833. The number of carboxylic acid groups (broad SMARTS) is 1. The van der Waals surface area contributed by atoms with Gasteiger partial charge in [-0.3, -0.25) is 9.59 Å². The Hall–Kier alpha value is -0.360. The van der Waals surface area contributed by atoms with Crippen LogP contribution in [0.3, 0.4) is 0 Å². The maximum absolute atomic E-state index is 12.2. The minimum Gasteiger partial charge on any atom is -0.481 e. The predicted octanol–water partition coefficient (Wildman–Crippen LogP) is 1.55. The van der Waals surface area contributed by atoms with Crippen molar-refractivity contribution in [3.8, 4) is 0 Å². The van der Waals surface area contributed by atoms with Crippen LogP contribution in [0.4, 0.5) is 0 Å². The number of carbonyl (C=O) groups excluding carboxylic acids is 1. The molecule has 2 aliphatic rings. The number of aliphatic carboxylic acids is 1. The van der Waals surface area contributed by atoms with Crippen molar-refractivity contribution in [2.24, 2.45) is 5.92 Å². The molecule has 0 bridgehead atoms. The molecule has 0 radical (unpaired) electrons. The molecule has 1 N–H and O–H groups in total. The van der Waals surface area contributed by atoms with E-state index in [0.717, 1.165) is 11.5 Å². The number of hydrogen-bond acceptors (Lipinski definition) is 4. The number of amides is 1.